The molecule has 0 saturated carbocycles. The van der Waals surface area contributed by atoms with Crippen LogP contribution < -0.4 is 0 Å². The van der Waals surface area contributed by atoms with Crippen LogP contribution in [0.1, 0.15) is 0 Å². The van der Waals surface area contributed by atoms with E-state index in [-0.39, 0.29) is 11.6 Å². The number of rotatable bonds is 2. The Hall–Kier alpha value is -3.20. The molecule has 0 aliphatic rings. The summed E-state index contributed by atoms with van der Waals surface area (Å²) in [4.78, 5) is 4.73. The molecular weight excluding hydrogens is 301 g/mol. The Labute approximate surface area is 138 Å². The van der Waals surface area contributed by atoms with E-state index < -0.39 is 0 Å². The van der Waals surface area contributed by atoms with Crippen molar-refractivity contribution >= 4 is 10.9 Å². The Morgan fingerprint density at radius 2 is 1.38 bits per heavy atom. The number of para-hydroxylation sites is 1. The molecule has 3 aromatic carbocycles. The second-order valence-electron chi connectivity index (χ2n) is 5.57. The lowest BCUT2D eigenvalue weighted by molar-refractivity contribution is 0.483. The Morgan fingerprint density at radius 3 is 2.12 bits per heavy atom. The maximum absolute atomic E-state index is 13.3. The van der Waals surface area contributed by atoms with Crippen LogP contribution in [0.5, 0.6) is 5.75 Å². The predicted octanol–water partition coefficient (Wildman–Crippen LogP) is 5.41. The molecule has 0 fully saturated rings. The zero-order valence-electron chi connectivity index (χ0n) is 12.8. The van der Waals surface area contributed by atoms with Crippen molar-refractivity contribution in [2.75, 3.05) is 0 Å². The van der Waals surface area contributed by atoms with Gasteiger partial charge in [-0.1, -0.05) is 42.5 Å². The first-order chi connectivity index (χ1) is 11.7. The van der Waals surface area contributed by atoms with E-state index in [9.17, 15) is 9.50 Å². The Bertz CT molecular complexity index is 1010. The molecule has 1 heterocycles. The topological polar surface area (TPSA) is 33.1 Å². The molecule has 2 nitrogen and oxygen atoms in total. The van der Waals surface area contributed by atoms with E-state index in [2.05, 4.69) is 0 Å². The summed E-state index contributed by atoms with van der Waals surface area (Å²) in [6, 6.07) is 23.2. The van der Waals surface area contributed by atoms with Crippen molar-refractivity contribution in [1.82, 2.24) is 4.98 Å². The fraction of sp³-hybridized carbons (Fsp3) is 0. The van der Waals surface area contributed by atoms with E-state index in [0.29, 0.717) is 22.2 Å². The number of nitrogens with zero attached hydrogens (tertiary/aromatic N) is 1. The molecule has 0 amide bonds. The van der Waals surface area contributed by atoms with Crippen molar-refractivity contribution in [2.24, 2.45) is 0 Å². The Balaban J connectivity index is 2.09. The normalized spacial score (nSPS) is 10.9. The maximum atomic E-state index is 13.3. The average molecular weight is 315 g/mol. The molecule has 4 aromatic rings. The second-order valence-corrected chi connectivity index (χ2v) is 5.57. The first-order valence-corrected chi connectivity index (χ1v) is 7.67. The minimum Gasteiger partial charge on any atom is -0.507 e. The molecule has 0 bridgehead atoms. The van der Waals surface area contributed by atoms with Gasteiger partial charge in [0.15, 0.2) is 0 Å². The quantitative estimate of drug-likeness (QED) is 0.536. The van der Waals surface area contributed by atoms with Crippen molar-refractivity contribution in [2.45, 2.75) is 0 Å². The first-order valence-electron chi connectivity index (χ1n) is 7.67. The minimum atomic E-state index is -0.301. The highest BCUT2D eigenvalue weighted by atomic mass is 19.1. The number of pyridine rings is 1. The highest BCUT2D eigenvalue weighted by molar-refractivity contribution is 5.98. The number of hydrogen-bond donors (Lipinski definition) is 1. The molecule has 1 aromatic heterocycles. The van der Waals surface area contributed by atoms with Gasteiger partial charge in [-0.05, 0) is 42.0 Å². The molecule has 0 unspecified atom stereocenters. The molecule has 0 atom stereocenters. The van der Waals surface area contributed by atoms with Gasteiger partial charge in [0.25, 0.3) is 0 Å². The molecule has 0 saturated heterocycles. The zero-order chi connectivity index (χ0) is 16.5. The van der Waals surface area contributed by atoms with Crippen LogP contribution in [0.3, 0.4) is 0 Å². The van der Waals surface area contributed by atoms with Crippen molar-refractivity contribution in [3.8, 4) is 28.1 Å². The summed E-state index contributed by atoms with van der Waals surface area (Å²) < 4.78 is 13.3. The minimum absolute atomic E-state index is 0.186. The lowest BCUT2D eigenvalue weighted by atomic mass is 9.96. The summed E-state index contributed by atoms with van der Waals surface area (Å²) >= 11 is 0. The molecule has 0 radical (unpaired) electrons. The smallest absolute Gasteiger partial charge is 0.134 e. The lowest BCUT2D eigenvalue weighted by Gasteiger charge is -2.14. The first kappa shape index (κ1) is 14.4. The van der Waals surface area contributed by atoms with E-state index in [0.717, 1.165) is 11.1 Å². The molecule has 0 spiro atoms. The SMILES string of the molecule is Oc1c(-c2ccccc2)c(-c2ccc(F)cc2)nc2ccccc12. The van der Waals surface area contributed by atoms with Gasteiger partial charge in [0.05, 0.1) is 16.8 Å². The molecule has 1 N–H and O–H groups in total. The monoisotopic (exact) mass is 315 g/mol. The molecule has 116 valence electrons. The fourth-order valence-electron chi connectivity index (χ4n) is 2.89. The molecule has 3 heteroatoms. The summed E-state index contributed by atoms with van der Waals surface area (Å²) in [7, 11) is 0. The van der Waals surface area contributed by atoms with Gasteiger partial charge in [0.1, 0.15) is 11.6 Å². The molecule has 4 rings (SSSR count). The number of benzene rings is 3. The highest BCUT2D eigenvalue weighted by Crippen LogP contribution is 2.41. The van der Waals surface area contributed by atoms with Crippen molar-refractivity contribution in [3.63, 3.8) is 0 Å². The van der Waals surface area contributed by atoms with Gasteiger partial charge in [-0.2, -0.15) is 0 Å². The molecule has 0 aliphatic heterocycles. The Kier molecular flexibility index (Phi) is 3.47. The summed E-state index contributed by atoms with van der Waals surface area (Å²) in [5.74, 6) is -0.115. The van der Waals surface area contributed by atoms with Crippen molar-refractivity contribution < 1.29 is 9.50 Å². The lowest BCUT2D eigenvalue weighted by Crippen LogP contribution is -1.93. The number of aromatic hydroxyl groups is 1. The van der Waals surface area contributed by atoms with E-state index in [1.807, 2.05) is 54.6 Å². The summed E-state index contributed by atoms with van der Waals surface area (Å²) in [6.45, 7) is 0. The van der Waals surface area contributed by atoms with Crippen LogP contribution in [0, 0.1) is 5.82 Å². The van der Waals surface area contributed by atoms with Gasteiger partial charge in [-0.15, -0.1) is 0 Å². The third kappa shape index (κ3) is 2.40. The van der Waals surface area contributed by atoms with Gasteiger partial charge in [0.2, 0.25) is 0 Å². The maximum Gasteiger partial charge on any atom is 0.134 e. The van der Waals surface area contributed by atoms with Crippen LogP contribution in [0.4, 0.5) is 4.39 Å². The van der Waals surface area contributed by atoms with Crippen LogP contribution >= 0.6 is 0 Å². The molecule has 24 heavy (non-hydrogen) atoms. The third-order valence-corrected chi connectivity index (χ3v) is 4.05. The van der Waals surface area contributed by atoms with Crippen LogP contribution in [-0.4, -0.2) is 10.1 Å². The van der Waals surface area contributed by atoms with Gasteiger partial charge in [-0.3, -0.25) is 0 Å². The van der Waals surface area contributed by atoms with E-state index >= 15 is 0 Å². The average Bonchev–Trinajstić information content (AvgIpc) is 2.63. The predicted molar refractivity (Wildman–Crippen MR) is 94.2 cm³/mol. The summed E-state index contributed by atoms with van der Waals surface area (Å²) in [5, 5.41) is 11.6. The summed E-state index contributed by atoms with van der Waals surface area (Å²) in [6.07, 6.45) is 0. The summed E-state index contributed by atoms with van der Waals surface area (Å²) in [5.41, 5.74) is 3.62. The van der Waals surface area contributed by atoms with Crippen LogP contribution in [0.15, 0.2) is 78.9 Å². The number of aromatic nitrogens is 1. The Morgan fingerprint density at radius 1 is 0.708 bits per heavy atom. The van der Waals surface area contributed by atoms with Gasteiger partial charge < -0.3 is 5.11 Å². The largest absolute Gasteiger partial charge is 0.507 e. The third-order valence-electron chi connectivity index (χ3n) is 4.05. The standard InChI is InChI=1S/C21H14FNO/c22-16-12-10-15(11-13-16)20-19(14-6-2-1-3-7-14)21(24)17-8-4-5-9-18(17)23-20/h1-13H,(H,23,24). The highest BCUT2D eigenvalue weighted by Gasteiger charge is 2.17. The second kappa shape index (κ2) is 5.78. The number of fused-ring (bicyclic) bond motifs is 1. The van der Waals surface area contributed by atoms with Gasteiger partial charge in [0, 0.05) is 10.9 Å². The van der Waals surface area contributed by atoms with Crippen LogP contribution in [-0.2, 0) is 0 Å². The number of halogens is 1. The zero-order valence-corrected chi connectivity index (χ0v) is 12.8. The molecular formula is C21H14FNO. The van der Waals surface area contributed by atoms with Crippen LogP contribution in [0.2, 0.25) is 0 Å². The van der Waals surface area contributed by atoms with Gasteiger partial charge in [-0.25, -0.2) is 9.37 Å². The fourth-order valence-corrected chi connectivity index (χ4v) is 2.89. The van der Waals surface area contributed by atoms with Crippen LogP contribution in [0.25, 0.3) is 33.3 Å². The number of hydrogen-bond acceptors (Lipinski definition) is 2. The van der Waals surface area contributed by atoms with E-state index in [1.165, 1.54) is 12.1 Å². The van der Waals surface area contributed by atoms with E-state index in [1.54, 1.807) is 12.1 Å². The van der Waals surface area contributed by atoms with Crippen molar-refractivity contribution in [1.29, 1.82) is 0 Å². The van der Waals surface area contributed by atoms with Gasteiger partial charge >= 0.3 is 0 Å². The van der Waals surface area contributed by atoms with Crippen molar-refractivity contribution in [3.05, 3.63) is 84.7 Å². The molecule has 0 aliphatic carbocycles. The van der Waals surface area contributed by atoms with E-state index in [4.69, 9.17) is 4.98 Å².